The van der Waals surface area contributed by atoms with Gasteiger partial charge in [-0.1, -0.05) is 103 Å². The van der Waals surface area contributed by atoms with Crippen LogP contribution in [0.5, 0.6) is 5.75 Å². The fourth-order valence-corrected chi connectivity index (χ4v) is 4.28. The summed E-state index contributed by atoms with van der Waals surface area (Å²) in [6.07, 6.45) is 0.904. The molecule has 4 aromatic carbocycles. The van der Waals surface area contributed by atoms with Gasteiger partial charge in [0.1, 0.15) is 11.8 Å². The van der Waals surface area contributed by atoms with E-state index in [-0.39, 0.29) is 11.8 Å². The molecule has 5 nitrogen and oxygen atoms in total. The van der Waals surface area contributed by atoms with E-state index in [9.17, 15) is 9.59 Å². The summed E-state index contributed by atoms with van der Waals surface area (Å²) in [5.74, 6) is 0.450. The molecule has 0 aliphatic rings. The summed E-state index contributed by atoms with van der Waals surface area (Å²) in [7, 11) is 1.62. The highest BCUT2D eigenvalue weighted by atomic mass is 16.5. The maximum absolute atomic E-state index is 13.8. The summed E-state index contributed by atoms with van der Waals surface area (Å²) < 4.78 is 5.29. The molecule has 4 aromatic rings. The summed E-state index contributed by atoms with van der Waals surface area (Å²) in [5.41, 5.74) is 3.78. The zero-order valence-electron chi connectivity index (χ0n) is 21.0. The Balaban J connectivity index is 1.63. The molecule has 0 aromatic heterocycles. The van der Waals surface area contributed by atoms with E-state index in [4.69, 9.17) is 4.74 Å². The highest BCUT2D eigenvalue weighted by Gasteiger charge is 2.31. The van der Waals surface area contributed by atoms with Crippen molar-refractivity contribution in [2.24, 2.45) is 0 Å². The lowest BCUT2D eigenvalue weighted by atomic mass is 10.0. The number of carbonyl (C=O) groups excluding carboxylic acids is 2. The van der Waals surface area contributed by atoms with Crippen molar-refractivity contribution in [2.75, 3.05) is 7.11 Å². The maximum atomic E-state index is 13.8. The van der Waals surface area contributed by atoms with E-state index in [0.717, 1.165) is 28.0 Å². The Bertz CT molecular complexity index is 1260. The molecule has 1 N–H and O–H groups in total. The van der Waals surface area contributed by atoms with Crippen LogP contribution in [-0.2, 0) is 29.1 Å². The predicted octanol–water partition coefficient (Wildman–Crippen LogP) is 5.71. The molecule has 0 aliphatic carbocycles. The molecule has 4 rings (SSSR count). The second-order valence-electron chi connectivity index (χ2n) is 8.87. The molecule has 5 heteroatoms. The third kappa shape index (κ3) is 7.31. The molecule has 0 saturated carbocycles. The van der Waals surface area contributed by atoms with E-state index in [1.165, 1.54) is 0 Å². The van der Waals surface area contributed by atoms with E-state index in [1.807, 2.05) is 115 Å². The zero-order valence-corrected chi connectivity index (χ0v) is 21.0. The standard InChI is InChI=1S/C32H32N2O3/c1-37-29-20-17-27(18-21-29)24-34(30(35)22-19-25-11-5-2-6-12-25)31(28-15-9-4-10-16-28)32(36)33-23-26-13-7-3-8-14-26/h2-18,20-21,31H,19,22-24H2,1H3,(H,33,36)/t31-/m0/s1. The number of rotatable bonds is 11. The van der Waals surface area contributed by atoms with Gasteiger partial charge in [-0.2, -0.15) is 0 Å². The van der Waals surface area contributed by atoms with Gasteiger partial charge in [-0.25, -0.2) is 0 Å². The molecule has 0 unspecified atom stereocenters. The molecular formula is C32H32N2O3. The van der Waals surface area contributed by atoms with Gasteiger partial charge in [0.25, 0.3) is 0 Å². The number of carbonyl (C=O) groups is 2. The Kier molecular flexibility index (Phi) is 9.08. The first-order chi connectivity index (χ1) is 18.1. The number of ether oxygens (including phenoxy) is 1. The summed E-state index contributed by atoms with van der Waals surface area (Å²) in [6.45, 7) is 0.688. The van der Waals surface area contributed by atoms with Crippen LogP contribution in [0.1, 0.15) is 34.7 Å². The van der Waals surface area contributed by atoms with Crippen molar-refractivity contribution in [2.45, 2.75) is 32.0 Å². The van der Waals surface area contributed by atoms with Crippen molar-refractivity contribution in [3.05, 3.63) is 138 Å². The lowest BCUT2D eigenvalue weighted by Crippen LogP contribution is -2.43. The summed E-state index contributed by atoms with van der Waals surface area (Å²) >= 11 is 0. The van der Waals surface area contributed by atoms with Crippen LogP contribution >= 0.6 is 0 Å². The summed E-state index contributed by atoms with van der Waals surface area (Å²) in [5, 5.41) is 3.06. The smallest absolute Gasteiger partial charge is 0.247 e. The number of hydrogen-bond donors (Lipinski definition) is 1. The average Bonchev–Trinajstić information content (AvgIpc) is 2.96. The van der Waals surface area contributed by atoms with Crippen molar-refractivity contribution in [3.8, 4) is 5.75 Å². The third-order valence-corrected chi connectivity index (χ3v) is 6.29. The second-order valence-corrected chi connectivity index (χ2v) is 8.87. The SMILES string of the molecule is COc1ccc(CN(C(=O)CCc2ccccc2)[C@H](C(=O)NCc2ccccc2)c2ccccc2)cc1. The second kappa shape index (κ2) is 13.1. The maximum Gasteiger partial charge on any atom is 0.247 e. The van der Waals surface area contributed by atoms with Crippen LogP contribution in [0.4, 0.5) is 0 Å². The Labute approximate surface area is 218 Å². The summed E-state index contributed by atoms with van der Waals surface area (Å²) in [6, 6.07) is 36.0. The van der Waals surface area contributed by atoms with Gasteiger partial charge in [-0.3, -0.25) is 9.59 Å². The molecule has 0 fully saturated rings. The van der Waals surface area contributed by atoms with Gasteiger partial charge in [0.15, 0.2) is 0 Å². The van der Waals surface area contributed by atoms with Crippen molar-refractivity contribution in [3.63, 3.8) is 0 Å². The molecule has 0 spiro atoms. The van der Waals surface area contributed by atoms with Gasteiger partial charge < -0.3 is 15.0 Å². The van der Waals surface area contributed by atoms with E-state index in [1.54, 1.807) is 12.0 Å². The van der Waals surface area contributed by atoms with Crippen LogP contribution in [0.25, 0.3) is 0 Å². The van der Waals surface area contributed by atoms with Gasteiger partial charge in [0, 0.05) is 19.5 Å². The molecule has 0 saturated heterocycles. The molecule has 0 bridgehead atoms. The number of methoxy groups -OCH3 is 1. The highest BCUT2D eigenvalue weighted by Crippen LogP contribution is 2.26. The molecular weight excluding hydrogens is 460 g/mol. The molecule has 0 radical (unpaired) electrons. The minimum absolute atomic E-state index is 0.0802. The largest absolute Gasteiger partial charge is 0.497 e. The lowest BCUT2D eigenvalue weighted by molar-refractivity contribution is -0.141. The van der Waals surface area contributed by atoms with Crippen molar-refractivity contribution in [1.82, 2.24) is 10.2 Å². The fraction of sp³-hybridized carbons (Fsp3) is 0.188. The van der Waals surface area contributed by atoms with Crippen LogP contribution in [0.15, 0.2) is 115 Å². The van der Waals surface area contributed by atoms with Crippen LogP contribution in [0, 0.1) is 0 Å². The van der Waals surface area contributed by atoms with Gasteiger partial charge in [-0.05, 0) is 40.8 Å². The number of hydrogen-bond acceptors (Lipinski definition) is 3. The van der Waals surface area contributed by atoms with Crippen LogP contribution in [-0.4, -0.2) is 23.8 Å². The topological polar surface area (TPSA) is 58.6 Å². The van der Waals surface area contributed by atoms with Crippen molar-refractivity contribution in [1.29, 1.82) is 0 Å². The van der Waals surface area contributed by atoms with E-state index < -0.39 is 6.04 Å². The first-order valence-corrected chi connectivity index (χ1v) is 12.5. The molecule has 2 amide bonds. The average molecular weight is 493 g/mol. The first-order valence-electron chi connectivity index (χ1n) is 12.5. The molecule has 188 valence electrons. The number of nitrogens with zero attached hydrogens (tertiary/aromatic N) is 1. The number of benzene rings is 4. The molecule has 37 heavy (non-hydrogen) atoms. The predicted molar refractivity (Wildman–Crippen MR) is 146 cm³/mol. The number of amides is 2. The van der Waals surface area contributed by atoms with Gasteiger partial charge in [-0.15, -0.1) is 0 Å². The van der Waals surface area contributed by atoms with Crippen LogP contribution in [0.3, 0.4) is 0 Å². The number of aryl methyl sites for hydroxylation is 1. The normalized spacial score (nSPS) is 11.4. The molecule has 1 atom stereocenters. The lowest BCUT2D eigenvalue weighted by Gasteiger charge is -2.32. The van der Waals surface area contributed by atoms with Gasteiger partial charge in [0.2, 0.25) is 11.8 Å². The van der Waals surface area contributed by atoms with Gasteiger partial charge in [0.05, 0.1) is 7.11 Å². The van der Waals surface area contributed by atoms with Crippen LogP contribution < -0.4 is 10.1 Å². The van der Waals surface area contributed by atoms with Crippen molar-refractivity contribution >= 4 is 11.8 Å². The Hall–Kier alpha value is -4.38. The molecule has 0 heterocycles. The van der Waals surface area contributed by atoms with Gasteiger partial charge >= 0.3 is 0 Å². The third-order valence-electron chi connectivity index (χ3n) is 6.29. The Morgan fingerprint density at radius 2 is 1.30 bits per heavy atom. The van der Waals surface area contributed by atoms with Crippen LogP contribution in [0.2, 0.25) is 0 Å². The van der Waals surface area contributed by atoms with Crippen molar-refractivity contribution < 1.29 is 14.3 Å². The monoisotopic (exact) mass is 492 g/mol. The van der Waals surface area contributed by atoms with E-state index in [0.29, 0.717) is 25.9 Å². The Morgan fingerprint density at radius 1 is 0.730 bits per heavy atom. The first kappa shape index (κ1) is 25.7. The zero-order chi connectivity index (χ0) is 25.9. The molecule has 0 aliphatic heterocycles. The fourth-order valence-electron chi connectivity index (χ4n) is 4.28. The number of nitrogens with one attached hydrogen (secondary N) is 1. The minimum Gasteiger partial charge on any atom is -0.497 e. The quantitative estimate of drug-likeness (QED) is 0.292. The summed E-state index contributed by atoms with van der Waals surface area (Å²) in [4.78, 5) is 29.2. The Morgan fingerprint density at radius 3 is 1.89 bits per heavy atom. The van der Waals surface area contributed by atoms with E-state index >= 15 is 0 Å². The van der Waals surface area contributed by atoms with E-state index in [2.05, 4.69) is 5.32 Å². The minimum atomic E-state index is -0.768. The highest BCUT2D eigenvalue weighted by molar-refractivity contribution is 5.88.